The minimum absolute atomic E-state index is 0.0952. The molecule has 0 fully saturated rings. The highest BCUT2D eigenvalue weighted by Crippen LogP contribution is 2.29. The molecule has 1 aromatic carbocycles. The molecule has 0 unspecified atom stereocenters. The number of benzene rings is 1. The Bertz CT molecular complexity index is 754. The van der Waals surface area contributed by atoms with E-state index in [9.17, 15) is 26.7 Å². The Morgan fingerprint density at radius 1 is 1.16 bits per heavy atom. The number of aromatic amines is 1. The summed E-state index contributed by atoms with van der Waals surface area (Å²) in [6.07, 6.45) is -4.76. The summed E-state index contributed by atoms with van der Waals surface area (Å²) >= 11 is 0.708. The molecule has 0 aliphatic carbocycles. The minimum Gasteiger partial charge on any atom is -0.491 e. The third-order valence-corrected chi connectivity index (χ3v) is 3.59. The highest BCUT2D eigenvalue weighted by molar-refractivity contribution is 7.98. The van der Waals surface area contributed by atoms with E-state index < -0.39 is 34.8 Å². The largest absolute Gasteiger partial charge is 0.491 e. The van der Waals surface area contributed by atoms with Gasteiger partial charge in [0.1, 0.15) is 0 Å². The lowest BCUT2D eigenvalue weighted by atomic mass is 10.2. The number of methoxy groups -OCH3 is 1. The Labute approximate surface area is 144 Å². The molecule has 0 amide bonds. The Balaban J connectivity index is 0.00000151. The number of thioether (sulfide) groups is 1. The van der Waals surface area contributed by atoms with Gasteiger partial charge >= 0.3 is 6.18 Å². The van der Waals surface area contributed by atoms with Gasteiger partial charge in [-0.25, -0.2) is 13.8 Å². The number of rotatable bonds is 4. The zero-order valence-corrected chi connectivity index (χ0v) is 14.3. The van der Waals surface area contributed by atoms with Gasteiger partial charge < -0.3 is 9.72 Å². The van der Waals surface area contributed by atoms with Gasteiger partial charge in [-0.2, -0.15) is 13.2 Å². The standard InChI is InChI=1S/C13H9F5N2O2S.C2H6/c1-22-11-7(14)2-6(3-8(11)15)5-23-12-19-9(13(16,17)18)4-10(21)20-12;1-2/h2-4H,5H2,1H3,(H,19,20,21);1-2H3. The monoisotopic (exact) mass is 382 g/mol. The first-order valence-corrected chi connectivity index (χ1v) is 8.02. The number of hydrogen-bond donors (Lipinski definition) is 1. The van der Waals surface area contributed by atoms with E-state index in [-0.39, 0.29) is 16.5 Å². The summed E-state index contributed by atoms with van der Waals surface area (Å²) in [6.45, 7) is 4.00. The van der Waals surface area contributed by atoms with Crippen LogP contribution in [0.2, 0.25) is 0 Å². The number of nitrogens with zero attached hydrogens (tertiary/aromatic N) is 1. The number of aromatic nitrogens is 2. The Kier molecular flexibility index (Phi) is 7.40. The predicted molar refractivity (Wildman–Crippen MR) is 83.7 cm³/mol. The van der Waals surface area contributed by atoms with Crippen molar-refractivity contribution in [3.8, 4) is 5.75 Å². The molecule has 0 radical (unpaired) electrons. The number of halogens is 5. The van der Waals surface area contributed by atoms with Gasteiger partial charge in [-0.1, -0.05) is 25.6 Å². The molecule has 0 bridgehead atoms. The maximum Gasteiger partial charge on any atom is 0.433 e. The molecule has 0 aliphatic heterocycles. The van der Waals surface area contributed by atoms with E-state index in [1.165, 1.54) is 0 Å². The van der Waals surface area contributed by atoms with Gasteiger partial charge in [0.25, 0.3) is 5.56 Å². The van der Waals surface area contributed by atoms with Crippen molar-refractivity contribution >= 4 is 11.8 Å². The van der Waals surface area contributed by atoms with Crippen molar-refractivity contribution in [2.75, 3.05) is 7.11 Å². The first-order chi connectivity index (χ1) is 11.7. The Hall–Kier alpha value is -2.10. The fourth-order valence-corrected chi connectivity index (χ4v) is 2.50. The van der Waals surface area contributed by atoms with Gasteiger partial charge in [0.05, 0.1) is 7.11 Å². The summed E-state index contributed by atoms with van der Waals surface area (Å²) in [7, 11) is 1.10. The van der Waals surface area contributed by atoms with E-state index in [0.717, 1.165) is 19.2 Å². The predicted octanol–water partition coefficient (Wildman–Crippen LogP) is 4.39. The lowest BCUT2D eigenvalue weighted by molar-refractivity contribution is -0.141. The number of nitrogens with one attached hydrogen (secondary N) is 1. The van der Waals surface area contributed by atoms with Crippen LogP contribution >= 0.6 is 11.8 Å². The molecule has 1 N–H and O–H groups in total. The third-order valence-electron chi connectivity index (χ3n) is 2.65. The summed E-state index contributed by atoms with van der Waals surface area (Å²) < 4.78 is 69.3. The summed E-state index contributed by atoms with van der Waals surface area (Å²) in [5.41, 5.74) is -2.15. The SMILES string of the molecule is CC.COc1c(F)cc(CSc2nc(C(F)(F)F)cc(=O)[nH]2)cc1F. The van der Waals surface area contributed by atoms with Gasteiger partial charge in [0.15, 0.2) is 28.2 Å². The molecule has 0 saturated carbocycles. The lowest BCUT2D eigenvalue weighted by Crippen LogP contribution is -2.16. The van der Waals surface area contributed by atoms with Crippen LogP contribution in [0.5, 0.6) is 5.75 Å². The Morgan fingerprint density at radius 2 is 1.72 bits per heavy atom. The van der Waals surface area contributed by atoms with Crippen molar-refractivity contribution in [2.45, 2.75) is 30.9 Å². The lowest BCUT2D eigenvalue weighted by Gasteiger charge is -2.08. The fraction of sp³-hybridized carbons (Fsp3) is 0.333. The average molecular weight is 382 g/mol. The van der Waals surface area contributed by atoms with E-state index in [1.807, 2.05) is 13.8 Å². The molecule has 1 heterocycles. The van der Waals surface area contributed by atoms with Crippen LogP contribution in [-0.4, -0.2) is 17.1 Å². The molecule has 0 aliphatic rings. The van der Waals surface area contributed by atoms with Crippen molar-refractivity contribution in [3.63, 3.8) is 0 Å². The van der Waals surface area contributed by atoms with Crippen molar-refractivity contribution < 1.29 is 26.7 Å². The maximum absolute atomic E-state index is 13.5. The van der Waals surface area contributed by atoms with E-state index in [4.69, 9.17) is 0 Å². The molecule has 0 spiro atoms. The molecule has 138 valence electrons. The van der Waals surface area contributed by atoms with Crippen LogP contribution < -0.4 is 10.3 Å². The second-order valence-corrected chi connectivity index (χ2v) is 5.28. The van der Waals surface area contributed by atoms with Gasteiger partial charge in [-0.05, 0) is 17.7 Å². The van der Waals surface area contributed by atoms with Crippen LogP contribution in [0.1, 0.15) is 25.1 Å². The zero-order chi connectivity index (χ0) is 19.2. The van der Waals surface area contributed by atoms with Crippen molar-refractivity contribution in [3.05, 3.63) is 51.4 Å². The second kappa shape index (κ2) is 8.84. The van der Waals surface area contributed by atoms with Crippen LogP contribution in [0.4, 0.5) is 22.0 Å². The second-order valence-electron chi connectivity index (χ2n) is 4.31. The topological polar surface area (TPSA) is 55.0 Å². The molecule has 10 heteroatoms. The van der Waals surface area contributed by atoms with Gasteiger partial charge in [0, 0.05) is 11.8 Å². The summed E-state index contributed by atoms with van der Waals surface area (Å²) in [5, 5.41) is -0.304. The van der Waals surface area contributed by atoms with Crippen LogP contribution in [0, 0.1) is 11.6 Å². The maximum atomic E-state index is 13.5. The first-order valence-electron chi connectivity index (χ1n) is 7.04. The number of hydrogen-bond acceptors (Lipinski definition) is 4. The van der Waals surface area contributed by atoms with Crippen molar-refractivity contribution in [1.29, 1.82) is 0 Å². The van der Waals surface area contributed by atoms with Crippen LogP contribution in [0.3, 0.4) is 0 Å². The van der Waals surface area contributed by atoms with Crippen LogP contribution in [-0.2, 0) is 11.9 Å². The first kappa shape index (κ1) is 20.9. The zero-order valence-electron chi connectivity index (χ0n) is 13.5. The summed E-state index contributed by atoms with van der Waals surface area (Å²) in [5.74, 6) is -2.52. The molecule has 0 saturated heterocycles. The summed E-state index contributed by atoms with van der Waals surface area (Å²) in [4.78, 5) is 16.6. The van der Waals surface area contributed by atoms with E-state index in [1.54, 1.807) is 0 Å². The minimum atomic E-state index is -4.76. The van der Waals surface area contributed by atoms with Gasteiger partial charge in [-0.15, -0.1) is 0 Å². The normalized spacial score (nSPS) is 10.9. The molecular weight excluding hydrogens is 367 g/mol. The summed E-state index contributed by atoms with van der Waals surface area (Å²) in [6, 6.07) is 2.30. The van der Waals surface area contributed by atoms with Gasteiger partial charge in [0.2, 0.25) is 0 Å². The van der Waals surface area contributed by atoms with Crippen molar-refractivity contribution in [1.82, 2.24) is 9.97 Å². The Morgan fingerprint density at radius 3 is 2.20 bits per heavy atom. The quantitative estimate of drug-likeness (QED) is 0.484. The van der Waals surface area contributed by atoms with E-state index >= 15 is 0 Å². The third kappa shape index (κ3) is 5.73. The van der Waals surface area contributed by atoms with Gasteiger partial charge in [-0.3, -0.25) is 4.79 Å². The molecular formula is C15H15F5N2O2S. The van der Waals surface area contributed by atoms with E-state index in [2.05, 4.69) is 14.7 Å². The van der Waals surface area contributed by atoms with Crippen LogP contribution in [0.25, 0.3) is 0 Å². The van der Waals surface area contributed by atoms with E-state index in [0.29, 0.717) is 17.8 Å². The smallest absolute Gasteiger partial charge is 0.433 e. The van der Waals surface area contributed by atoms with Crippen molar-refractivity contribution in [2.24, 2.45) is 0 Å². The average Bonchev–Trinajstić information content (AvgIpc) is 2.53. The number of ether oxygens (including phenoxy) is 1. The molecule has 1 aromatic heterocycles. The number of H-pyrrole nitrogens is 1. The fourth-order valence-electron chi connectivity index (χ4n) is 1.69. The highest BCUT2D eigenvalue weighted by atomic mass is 32.2. The number of alkyl halides is 3. The highest BCUT2D eigenvalue weighted by Gasteiger charge is 2.33. The molecule has 2 rings (SSSR count). The molecule has 25 heavy (non-hydrogen) atoms. The molecule has 4 nitrogen and oxygen atoms in total. The molecule has 2 aromatic rings. The molecule has 0 atom stereocenters. The van der Waals surface area contributed by atoms with Crippen LogP contribution in [0.15, 0.2) is 28.2 Å².